The Morgan fingerprint density at radius 2 is 1.38 bits per heavy atom. The lowest BCUT2D eigenvalue weighted by Crippen LogP contribution is -2.51. The molecule has 0 saturated carbocycles. The van der Waals surface area contributed by atoms with Crippen molar-refractivity contribution in [2.45, 2.75) is 6.04 Å². The highest BCUT2D eigenvalue weighted by atomic mass is 35.5. The van der Waals surface area contributed by atoms with E-state index in [1.165, 1.54) is 11.1 Å². The molecule has 0 bridgehead atoms. The molecule has 2 heterocycles. The third-order valence-electron chi connectivity index (χ3n) is 6.29. The zero-order valence-electron chi connectivity index (χ0n) is 17.7. The molecule has 3 aromatic rings. The number of Topliss-reactive ketones (excluding diaryl/α,β-unsaturated/α-hetero) is 1. The molecule has 1 atom stereocenters. The van der Waals surface area contributed by atoms with Crippen LogP contribution in [0.25, 0.3) is 0 Å². The largest absolute Gasteiger partial charge is 0.300 e. The number of hydrogen-bond donors (Lipinski definition) is 0. The van der Waals surface area contributed by atoms with Crippen LogP contribution >= 0.6 is 11.6 Å². The third kappa shape index (κ3) is 3.95. The van der Waals surface area contributed by atoms with Crippen LogP contribution in [0, 0.1) is 0 Å². The van der Waals surface area contributed by atoms with Gasteiger partial charge in [0.15, 0.2) is 0 Å². The van der Waals surface area contributed by atoms with Crippen LogP contribution in [0.1, 0.15) is 27.5 Å². The monoisotopic (exact) mass is 445 g/mol. The molecule has 162 valence electrons. The Bertz CT molecular complexity index is 1130. The standard InChI is InChI=1S/C26H24ClN3O2/c27-21-12-10-20(11-13-21)24(19-6-2-1-3-7-19)29-16-14-28(15-17-29)18-30-23-9-5-4-8-22(23)25(31)26(30)32/h1-13,24H,14-18H2. The maximum Gasteiger partial charge on any atom is 0.300 e. The molecule has 0 aliphatic carbocycles. The molecule has 2 aliphatic heterocycles. The fourth-order valence-electron chi connectivity index (χ4n) is 4.65. The number of para-hydroxylation sites is 1. The summed E-state index contributed by atoms with van der Waals surface area (Å²) in [5, 5.41) is 0.732. The lowest BCUT2D eigenvalue weighted by Gasteiger charge is -2.40. The fraction of sp³-hybridized carbons (Fsp3) is 0.231. The average molecular weight is 446 g/mol. The van der Waals surface area contributed by atoms with Gasteiger partial charge < -0.3 is 0 Å². The Morgan fingerprint density at radius 1 is 0.750 bits per heavy atom. The Hall–Kier alpha value is -2.99. The first-order valence-corrected chi connectivity index (χ1v) is 11.2. The quantitative estimate of drug-likeness (QED) is 0.551. The smallest absolute Gasteiger partial charge is 0.291 e. The van der Waals surface area contributed by atoms with Crippen LogP contribution < -0.4 is 4.90 Å². The molecule has 3 aromatic carbocycles. The molecular formula is C26H24ClN3O2. The van der Waals surface area contributed by atoms with Crippen LogP contribution in [0.15, 0.2) is 78.9 Å². The number of halogens is 1. The lowest BCUT2D eigenvalue weighted by atomic mass is 9.96. The molecule has 0 aromatic heterocycles. The summed E-state index contributed by atoms with van der Waals surface area (Å²) in [6.07, 6.45) is 0. The number of rotatable bonds is 5. The first-order valence-electron chi connectivity index (χ1n) is 10.8. The molecule has 1 amide bonds. The Labute approximate surface area is 192 Å². The van der Waals surface area contributed by atoms with Crippen molar-refractivity contribution < 1.29 is 9.59 Å². The highest BCUT2D eigenvalue weighted by Crippen LogP contribution is 2.32. The normalized spacial score (nSPS) is 18.1. The summed E-state index contributed by atoms with van der Waals surface area (Å²) >= 11 is 6.13. The number of amides is 1. The van der Waals surface area contributed by atoms with Gasteiger partial charge in [0.05, 0.1) is 24.0 Å². The summed E-state index contributed by atoms with van der Waals surface area (Å²) in [6.45, 7) is 3.79. The van der Waals surface area contributed by atoms with Crippen LogP contribution in [-0.4, -0.2) is 54.3 Å². The van der Waals surface area contributed by atoms with E-state index in [1.807, 2.05) is 30.3 Å². The minimum Gasteiger partial charge on any atom is -0.291 e. The van der Waals surface area contributed by atoms with Crippen molar-refractivity contribution in [3.63, 3.8) is 0 Å². The second-order valence-electron chi connectivity index (χ2n) is 8.24. The SMILES string of the molecule is O=C1C(=O)N(CN2CCN(C(c3ccccc3)c3ccc(Cl)cc3)CC2)c2ccccc21. The number of benzene rings is 3. The van der Waals surface area contributed by atoms with Gasteiger partial charge in [-0.2, -0.15) is 0 Å². The van der Waals surface area contributed by atoms with Gasteiger partial charge in [-0.05, 0) is 35.4 Å². The molecule has 32 heavy (non-hydrogen) atoms. The summed E-state index contributed by atoms with van der Waals surface area (Å²) in [6, 6.07) is 26.0. The van der Waals surface area contributed by atoms with Crippen molar-refractivity contribution in [1.29, 1.82) is 0 Å². The van der Waals surface area contributed by atoms with Crippen LogP contribution in [0.5, 0.6) is 0 Å². The fourth-order valence-corrected chi connectivity index (χ4v) is 4.77. The molecule has 6 heteroatoms. The van der Waals surface area contributed by atoms with Crippen LogP contribution in [0.3, 0.4) is 0 Å². The molecule has 0 N–H and O–H groups in total. The van der Waals surface area contributed by atoms with Gasteiger partial charge in [-0.3, -0.25) is 24.3 Å². The number of fused-ring (bicyclic) bond motifs is 1. The van der Waals surface area contributed by atoms with Gasteiger partial charge in [0.2, 0.25) is 0 Å². The van der Waals surface area contributed by atoms with Gasteiger partial charge in [-0.1, -0.05) is 66.2 Å². The van der Waals surface area contributed by atoms with E-state index < -0.39 is 11.7 Å². The molecule has 0 radical (unpaired) electrons. The number of ketones is 1. The molecule has 0 spiro atoms. The van der Waals surface area contributed by atoms with Crippen molar-refractivity contribution in [2.24, 2.45) is 0 Å². The minimum atomic E-state index is -0.433. The summed E-state index contributed by atoms with van der Waals surface area (Å²) < 4.78 is 0. The predicted molar refractivity (Wildman–Crippen MR) is 126 cm³/mol. The maximum atomic E-state index is 12.5. The van der Waals surface area contributed by atoms with Crippen LogP contribution in [0.2, 0.25) is 5.02 Å². The van der Waals surface area contributed by atoms with E-state index in [0.29, 0.717) is 17.9 Å². The van der Waals surface area contributed by atoms with Crippen molar-refractivity contribution in [3.8, 4) is 0 Å². The van der Waals surface area contributed by atoms with Crippen LogP contribution in [-0.2, 0) is 4.79 Å². The summed E-state index contributed by atoms with van der Waals surface area (Å²) in [4.78, 5) is 31.2. The number of carbonyl (C=O) groups excluding carboxylic acids is 2. The second kappa shape index (κ2) is 8.87. The van der Waals surface area contributed by atoms with Crippen LogP contribution in [0.4, 0.5) is 5.69 Å². The maximum absolute atomic E-state index is 12.5. The highest BCUT2D eigenvalue weighted by molar-refractivity contribution is 6.52. The van der Waals surface area contributed by atoms with E-state index in [9.17, 15) is 9.59 Å². The first kappa shape index (κ1) is 20.9. The number of carbonyl (C=O) groups is 2. The Balaban J connectivity index is 1.31. The van der Waals surface area contributed by atoms with Gasteiger partial charge in [0.1, 0.15) is 0 Å². The van der Waals surface area contributed by atoms with Crippen molar-refractivity contribution in [1.82, 2.24) is 9.80 Å². The van der Waals surface area contributed by atoms with E-state index in [-0.39, 0.29) is 6.04 Å². The van der Waals surface area contributed by atoms with E-state index in [4.69, 9.17) is 11.6 Å². The Kier molecular flexibility index (Phi) is 5.79. The molecule has 5 rings (SSSR count). The van der Waals surface area contributed by atoms with Crippen molar-refractivity contribution in [3.05, 3.63) is 101 Å². The van der Waals surface area contributed by atoms with E-state index in [1.54, 1.807) is 17.0 Å². The summed E-state index contributed by atoms with van der Waals surface area (Å²) in [5.74, 6) is -0.844. The molecule has 1 fully saturated rings. The number of piperazine rings is 1. The van der Waals surface area contributed by atoms with E-state index in [2.05, 4.69) is 46.2 Å². The van der Waals surface area contributed by atoms with Crippen molar-refractivity contribution >= 4 is 29.0 Å². The highest BCUT2D eigenvalue weighted by Gasteiger charge is 2.37. The van der Waals surface area contributed by atoms with Gasteiger partial charge >= 0.3 is 5.91 Å². The topological polar surface area (TPSA) is 43.9 Å². The number of hydrogen-bond acceptors (Lipinski definition) is 4. The van der Waals surface area contributed by atoms with Crippen molar-refractivity contribution in [2.75, 3.05) is 37.7 Å². The molecule has 1 unspecified atom stereocenters. The Morgan fingerprint density at radius 3 is 2.09 bits per heavy atom. The van der Waals surface area contributed by atoms with E-state index >= 15 is 0 Å². The second-order valence-corrected chi connectivity index (χ2v) is 8.68. The third-order valence-corrected chi connectivity index (χ3v) is 6.55. The molecular weight excluding hydrogens is 422 g/mol. The van der Waals surface area contributed by atoms with Gasteiger partial charge in [-0.15, -0.1) is 0 Å². The zero-order chi connectivity index (χ0) is 22.1. The van der Waals surface area contributed by atoms with Gasteiger partial charge in [0.25, 0.3) is 5.78 Å². The first-order chi connectivity index (χ1) is 15.6. The van der Waals surface area contributed by atoms with Gasteiger partial charge in [0, 0.05) is 31.2 Å². The van der Waals surface area contributed by atoms with Gasteiger partial charge in [-0.25, -0.2) is 0 Å². The molecule has 5 nitrogen and oxygen atoms in total. The summed E-state index contributed by atoms with van der Waals surface area (Å²) in [7, 11) is 0. The molecule has 1 saturated heterocycles. The minimum absolute atomic E-state index is 0.145. The number of anilines is 1. The lowest BCUT2D eigenvalue weighted by molar-refractivity contribution is -0.114. The zero-order valence-corrected chi connectivity index (χ0v) is 18.4. The summed E-state index contributed by atoms with van der Waals surface area (Å²) in [5.41, 5.74) is 3.68. The predicted octanol–water partition coefficient (Wildman–Crippen LogP) is 4.23. The average Bonchev–Trinajstić information content (AvgIpc) is 3.07. The molecule has 2 aliphatic rings. The van der Waals surface area contributed by atoms with E-state index in [0.717, 1.165) is 31.2 Å². The number of nitrogens with zero attached hydrogens (tertiary/aromatic N) is 3.